The maximum atomic E-state index is 9.22. The van der Waals surface area contributed by atoms with Crippen LogP contribution in [0, 0.1) is 0 Å². The molecule has 0 aromatic rings. The molecule has 7 heteroatoms. The van der Waals surface area contributed by atoms with Crippen LogP contribution in [0.1, 0.15) is 0 Å². The summed E-state index contributed by atoms with van der Waals surface area (Å²) in [6.07, 6.45) is 0. The lowest BCUT2D eigenvalue weighted by molar-refractivity contribution is -0.363. The van der Waals surface area contributed by atoms with E-state index in [9.17, 15) is 13.0 Å². The van der Waals surface area contributed by atoms with Crippen LogP contribution in [0.15, 0.2) is 0 Å². The Hall–Kier alpha value is -0.210. The minimum absolute atomic E-state index is 0.708. The van der Waals surface area contributed by atoms with Gasteiger partial charge in [-0.25, -0.2) is 8.42 Å². The maximum absolute atomic E-state index is 9.22. The summed E-state index contributed by atoms with van der Waals surface area (Å²) in [4.78, 5) is 0. The first-order valence-electron chi connectivity index (χ1n) is 2.48. The molecule has 10 heavy (non-hydrogen) atoms. The number of quaternary nitrogens is 1. The highest BCUT2D eigenvalue weighted by Crippen LogP contribution is 1.74. The zero-order valence-corrected chi connectivity index (χ0v) is 6.56. The summed E-state index contributed by atoms with van der Waals surface area (Å²) < 4.78 is 31.0. The Labute approximate surface area is 60.1 Å². The summed E-state index contributed by atoms with van der Waals surface area (Å²) in [6.45, 7) is 1.56. The lowest BCUT2D eigenvalue weighted by atomic mass is 10.7. The first-order valence-corrected chi connectivity index (χ1v) is 3.82. The second-order valence-electron chi connectivity index (χ2n) is 1.22. The summed E-state index contributed by atoms with van der Waals surface area (Å²) >= 11 is 0. The average molecular weight is 172 g/mol. The fourth-order valence-electron chi connectivity index (χ4n) is 0. The Balaban J connectivity index is 0. The van der Waals surface area contributed by atoms with E-state index in [2.05, 4.69) is 9.92 Å². The second kappa shape index (κ2) is 6.90. The van der Waals surface area contributed by atoms with Crippen molar-refractivity contribution < 1.29 is 22.9 Å². The quantitative estimate of drug-likeness (QED) is 0.346. The van der Waals surface area contributed by atoms with Crippen molar-refractivity contribution in [1.82, 2.24) is 0 Å². The zero-order chi connectivity index (χ0) is 8.62. The monoisotopic (exact) mass is 172 g/mol. The first kappa shape index (κ1) is 12.5. The molecule has 0 amide bonds. The molecule has 0 aliphatic carbocycles. The van der Waals surface area contributed by atoms with E-state index in [1.54, 1.807) is 0 Å². The van der Waals surface area contributed by atoms with Crippen molar-refractivity contribution in [3.8, 4) is 0 Å². The van der Waals surface area contributed by atoms with E-state index >= 15 is 0 Å². The molecule has 0 aromatic carbocycles. The first-order chi connectivity index (χ1) is 4.47. The SMILES string of the molecule is COS(=O)(=O)[O-].NCC[NH3+]. The molecule has 6 nitrogen and oxygen atoms in total. The van der Waals surface area contributed by atoms with Crippen molar-refractivity contribution in [3.63, 3.8) is 0 Å². The van der Waals surface area contributed by atoms with Crippen molar-refractivity contribution in [2.24, 2.45) is 5.73 Å². The largest absolute Gasteiger partial charge is 0.726 e. The fraction of sp³-hybridized carbons (Fsp3) is 1.00. The van der Waals surface area contributed by atoms with Gasteiger partial charge in [-0.3, -0.25) is 4.18 Å². The van der Waals surface area contributed by atoms with E-state index in [1.165, 1.54) is 0 Å². The van der Waals surface area contributed by atoms with Crippen molar-refractivity contribution in [2.75, 3.05) is 20.2 Å². The third kappa shape index (κ3) is 25.0. The number of rotatable bonds is 2. The van der Waals surface area contributed by atoms with Crippen LogP contribution in [0.25, 0.3) is 0 Å². The normalized spacial score (nSPS) is 10.0. The third-order valence-corrected chi connectivity index (χ3v) is 0.816. The van der Waals surface area contributed by atoms with Gasteiger partial charge in [-0.15, -0.1) is 0 Å². The molecule has 0 spiro atoms. The van der Waals surface area contributed by atoms with Gasteiger partial charge in [0.1, 0.15) is 0 Å². The fourth-order valence-corrected chi connectivity index (χ4v) is 0. The number of hydrogen-bond acceptors (Lipinski definition) is 5. The molecule has 64 valence electrons. The van der Waals surface area contributed by atoms with Gasteiger partial charge in [0.05, 0.1) is 13.7 Å². The summed E-state index contributed by atoms with van der Waals surface area (Å²) in [5, 5.41) is 0. The minimum atomic E-state index is -4.41. The van der Waals surface area contributed by atoms with Gasteiger partial charge in [0, 0.05) is 6.54 Å². The Kier molecular flexibility index (Phi) is 8.61. The van der Waals surface area contributed by atoms with Crippen LogP contribution in [-0.4, -0.2) is 33.2 Å². The smallest absolute Gasteiger partial charge is 0.217 e. The number of nitrogens with two attached hydrogens (primary N) is 1. The highest BCUT2D eigenvalue weighted by molar-refractivity contribution is 7.80. The molecule has 0 bridgehead atoms. The molecular weight excluding hydrogens is 160 g/mol. The summed E-state index contributed by atoms with van der Waals surface area (Å²) in [6, 6.07) is 0. The van der Waals surface area contributed by atoms with Crippen LogP contribution >= 0.6 is 0 Å². The molecule has 0 radical (unpaired) electrons. The third-order valence-electron chi connectivity index (χ3n) is 0.408. The molecule has 0 fully saturated rings. The molecular formula is C3H12N2O4S. The van der Waals surface area contributed by atoms with Gasteiger partial charge < -0.3 is 16.0 Å². The van der Waals surface area contributed by atoms with Gasteiger partial charge >= 0.3 is 0 Å². The average Bonchev–Trinajstić information content (AvgIpc) is 1.87. The standard InChI is InChI=1S/C2H8N2.CH4O4S/c3-1-2-4;1-5-6(2,3)4/h1-4H2;1H3,(H,2,3,4). The summed E-state index contributed by atoms with van der Waals surface area (Å²) in [5.74, 6) is 0. The van der Waals surface area contributed by atoms with E-state index in [0.29, 0.717) is 6.54 Å². The van der Waals surface area contributed by atoms with Crippen molar-refractivity contribution in [2.45, 2.75) is 0 Å². The molecule has 5 N–H and O–H groups in total. The second-order valence-corrected chi connectivity index (χ2v) is 2.37. The van der Waals surface area contributed by atoms with Gasteiger partial charge in [0.25, 0.3) is 0 Å². The highest BCUT2D eigenvalue weighted by atomic mass is 32.3. The Morgan fingerprint density at radius 1 is 1.70 bits per heavy atom. The predicted octanol–water partition coefficient (Wildman–Crippen LogP) is -2.72. The predicted molar refractivity (Wildman–Crippen MR) is 33.5 cm³/mol. The molecule has 0 aromatic heterocycles. The molecule has 0 unspecified atom stereocenters. The van der Waals surface area contributed by atoms with E-state index < -0.39 is 10.4 Å². The topological polar surface area (TPSA) is 120 Å². The van der Waals surface area contributed by atoms with Crippen LogP contribution in [0.5, 0.6) is 0 Å². The number of hydrogen-bond donors (Lipinski definition) is 2. The highest BCUT2D eigenvalue weighted by Gasteiger charge is 1.79. The van der Waals surface area contributed by atoms with Gasteiger partial charge in [0.15, 0.2) is 0 Å². The molecule has 0 aliphatic rings. The summed E-state index contributed by atoms with van der Waals surface area (Å²) in [7, 11) is -3.60. The van der Waals surface area contributed by atoms with Gasteiger partial charge in [0.2, 0.25) is 10.4 Å². The van der Waals surface area contributed by atoms with Gasteiger partial charge in [-0.1, -0.05) is 0 Å². The zero-order valence-electron chi connectivity index (χ0n) is 5.74. The minimum Gasteiger partial charge on any atom is -0.726 e. The van der Waals surface area contributed by atoms with E-state index in [4.69, 9.17) is 5.73 Å². The van der Waals surface area contributed by atoms with E-state index in [-0.39, 0.29) is 0 Å². The van der Waals surface area contributed by atoms with E-state index in [1.807, 2.05) is 0 Å². The lowest BCUT2D eigenvalue weighted by Crippen LogP contribution is -2.53. The van der Waals surface area contributed by atoms with Crippen molar-refractivity contribution in [1.29, 1.82) is 0 Å². The molecule has 0 rings (SSSR count). The lowest BCUT2D eigenvalue weighted by Gasteiger charge is -1.98. The maximum Gasteiger partial charge on any atom is 0.217 e. The Bertz CT molecular complexity index is 141. The van der Waals surface area contributed by atoms with Crippen LogP contribution in [0.2, 0.25) is 0 Å². The van der Waals surface area contributed by atoms with E-state index in [0.717, 1.165) is 13.7 Å². The van der Waals surface area contributed by atoms with Crippen LogP contribution in [0.3, 0.4) is 0 Å². The van der Waals surface area contributed by atoms with Crippen LogP contribution in [0.4, 0.5) is 0 Å². The molecule has 0 aliphatic heterocycles. The Morgan fingerprint density at radius 2 is 1.90 bits per heavy atom. The molecule has 0 saturated heterocycles. The summed E-state index contributed by atoms with van der Waals surface area (Å²) in [5.41, 5.74) is 8.44. The van der Waals surface area contributed by atoms with Gasteiger partial charge in [-0.2, -0.15) is 0 Å². The Morgan fingerprint density at radius 3 is 1.90 bits per heavy atom. The van der Waals surface area contributed by atoms with Crippen LogP contribution in [-0.2, 0) is 14.6 Å². The van der Waals surface area contributed by atoms with Crippen LogP contribution < -0.4 is 11.5 Å². The van der Waals surface area contributed by atoms with Crippen molar-refractivity contribution >= 4 is 10.4 Å². The van der Waals surface area contributed by atoms with Gasteiger partial charge in [-0.05, 0) is 0 Å². The van der Waals surface area contributed by atoms with Crippen molar-refractivity contribution in [3.05, 3.63) is 0 Å². The molecule has 0 heterocycles. The molecule has 0 atom stereocenters. The molecule has 0 saturated carbocycles.